The van der Waals surface area contributed by atoms with Crippen molar-refractivity contribution in [3.05, 3.63) is 0 Å². The van der Waals surface area contributed by atoms with Crippen molar-refractivity contribution in [2.75, 3.05) is 6.61 Å². The smallest absolute Gasteiger partial charge is 0.347 e. The standard InChI is InChI=1S/C16H26O4.C9H14O4/c1-4-13(2,3)12(17)20-16-7-11-5-14(18,9-16)8-15(19,6-11)10-16;1-3-6(2)8(10)13-7-4-5-12-9(7)11/h11,18-19H,4-10H2,1-3H3;6-7H,3-5H2,1-2H3. The number of rotatable bonds is 6. The molecule has 4 bridgehead atoms. The molecule has 188 valence electrons. The molecule has 0 radical (unpaired) electrons. The van der Waals surface area contributed by atoms with Gasteiger partial charge in [-0.15, -0.1) is 0 Å². The number of esters is 3. The Bertz CT molecular complexity index is 756. The van der Waals surface area contributed by atoms with E-state index in [1.807, 2.05) is 27.7 Å². The van der Waals surface area contributed by atoms with E-state index in [2.05, 4.69) is 4.74 Å². The van der Waals surface area contributed by atoms with Crippen molar-refractivity contribution in [3.8, 4) is 0 Å². The molecule has 0 spiro atoms. The molecule has 5 rings (SSSR count). The van der Waals surface area contributed by atoms with Gasteiger partial charge in [0.15, 0.2) is 0 Å². The summed E-state index contributed by atoms with van der Waals surface area (Å²) in [6, 6.07) is 0. The second-order valence-corrected chi connectivity index (χ2v) is 11.5. The highest BCUT2D eigenvalue weighted by molar-refractivity contribution is 5.81. The summed E-state index contributed by atoms with van der Waals surface area (Å²) >= 11 is 0. The summed E-state index contributed by atoms with van der Waals surface area (Å²) in [6.45, 7) is 9.79. The largest absolute Gasteiger partial charge is 0.463 e. The number of hydrogen-bond donors (Lipinski definition) is 2. The predicted octanol–water partition coefficient (Wildman–Crippen LogP) is 3.06. The van der Waals surface area contributed by atoms with Gasteiger partial charge in [0.25, 0.3) is 0 Å². The van der Waals surface area contributed by atoms with Gasteiger partial charge < -0.3 is 24.4 Å². The topological polar surface area (TPSA) is 119 Å². The molecule has 2 N–H and O–H groups in total. The van der Waals surface area contributed by atoms with Gasteiger partial charge in [-0.05, 0) is 51.9 Å². The molecule has 0 aromatic heterocycles. The zero-order chi connectivity index (χ0) is 24.7. The molecule has 0 amide bonds. The van der Waals surface area contributed by atoms with Crippen LogP contribution in [0.4, 0.5) is 0 Å². The van der Waals surface area contributed by atoms with E-state index in [-0.39, 0.29) is 23.8 Å². The fourth-order valence-corrected chi connectivity index (χ4v) is 5.85. The average molecular weight is 469 g/mol. The second-order valence-electron chi connectivity index (χ2n) is 11.5. The maximum absolute atomic E-state index is 12.4. The van der Waals surface area contributed by atoms with Crippen molar-refractivity contribution in [1.82, 2.24) is 0 Å². The third kappa shape index (κ3) is 5.70. The van der Waals surface area contributed by atoms with Gasteiger partial charge in [0.2, 0.25) is 6.10 Å². The Morgan fingerprint density at radius 1 is 1.12 bits per heavy atom. The molecular formula is C25H40O8. The quantitative estimate of drug-likeness (QED) is 0.451. The summed E-state index contributed by atoms with van der Waals surface area (Å²) in [6.07, 6.45) is 4.96. The molecule has 4 unspecified atom stereocenters. The second kappa shape index (κ2) is 9.17. The molecule has 1 saturated heterocycles. The number of carbonyl (C=O) groups excluding carboxylic acids is 3. The summed E-state index contributed by atoms with van der Waals surface area (Å²) in [5.41, 5.74) is -2.84. The van der Waals surface area contributed by atoms with E-state index in [1.165, 1.54) is 0 Å². The molecule has 1 aliphatic heterocycles. The van der Waals surface area contributed by atoms with Gasteiger partial charge in [-0.1, -0.05) is 20.8 Å². The van der Waals surface area contributed by atoms with Crippen LogP contribution in [0, 0.1) is 17.3 Å². The lowest BCUT2D eigenvalue weighted by Crippen LogP contribution is -2.67. The van der Waals surface area contributed by atoms with E-state index in [0.29, 0.717) is 32.3 Å². The number of hydrogen-bond acceptors (Lipinski definition) is 8. The minimum absolute atomic E-state index is 0.145. The van der Waals surface area contributed by atoms with Crippen LogP contribution in [-0.2, 0) is 28.6 Å². The van der Waals surface area contributed by atoms with Crippen molar-refractivity contribution >= 4 is 17.9 Å². The molecule has 5 aliphatic rings. The number of ether oxygens (including phenoxy) is 3. The fraction of sp³-hybridized carbons (Fsp3) is 0.880. The molecule has 4 saturated carbocycles. The van der Waals surface area contributed by atoms with Gasteiger partial charge in [0, 0.05) is 25.7 Å². The maximum atomic E-state index is 12.4. The van der Waals surface area contributed by atoms with E-state index < -0.39 is 34.3 Å². The van der Waals surface area contributed by atoms with Crippen LogP contribution in [0.15, 0.2) is 0 Å². The Labute approximate surface area is 196 Å². The van der Waals surface area contributed by atoms with Crippen LogP contribution in [-0.4, -0.2) is 57.6 Å². The Balaban J connectivity index is 0.000000205. The van der Waals surface area contributed by atoms with E-state index in [1.54, 1.807) is 6.92 Å². The maximum Gasteiger partial charge on any atom is 0.347 e. The number of aliphatic hydroxyl groups is 2. The summed E-state index contributed by atoms with van der Waals surface area (Å²) < 4.78 is 15.5. The summed E-state index contributed by atoms with van der Waals surface area (Å²) in [5, 5.41) is 21.3. The SMILES string of the molecule is CCC(C)(C)C(=O)OC12CC3CC(O)(CC(O)(C3)C1)C2.CCC(C)C(=O)OC1CCOC1=O. The van der Waals surface area contributed by atoms with Crippen LogP contribution in [0.1, 0.15) is 92.4 Å². The zero-order valence-corrected chi connectivity index (χ0v) is 20.6. The van der Waals surface area contributed by atoms with Crippen molar-refractivity contribution in [3.63, 3.8) is 0 Å². The van der Waals surface area contributed by atoms with Crippen LogP contribution in [0.25, 0.3) is 0 Å². The van der Waals surface area contributed by atoms with Crippen LogP contribution in [0.3, 0.4) is 0 Å². The molecule has 8 nitrogen and oxygen atoms in total. The highest BCUT2D eigenvalue weighted by atomic mass is 16.6. The molecule has 33 heavy (non-hydrogen) atoms. The predicted molar refractivity (Wildman–Crippen MR) is 119 cm³/mol. The van der Waals surface area contributed by atoms with Crippen molar-refractivity contribution in [1.29, 1.82) is 0 Å². The van der Waals surface area contributed by atoms with Gasteiger partial charge in [-0.25, -0.2) is 4.79 Å². The molecule has 4 atom stereocenters. The first-order chi connectivity index (χ1) is 15.2. The van der Waals surface area contributed by atoms with E-state index in [9.17, 15) is 24.6 Å². The fourth-order valence-electron chi connectivity index (χ4n) is 5.85. The van der Waals surface area contributed by atoms with Crippen LogP contribution in [0.5, 0.6) is 0 Å². The Kier molecular flexibility index (Phi) is 7.21. The summed E-state index contributed by atoms with van der Waals surface area (Å²) in [5.74, 6) is -0.802. The van der Waals surface area contributed by atoms with Crippen molar-refractivity contribution in [2.45, 2.75) is 115 Å². The van der Waals surface area contributed by atoms with Gasteiger partial charge >= 0.3 is 17.9 Å². The van der Waals surface area contributed by atoms with Gasteiger partial charge in [0.1, 0.15) is 5.60 Å². The van der Waals surface area contributed by atoms with E-state index in [4.69, 9.17) is 9.47 Å². The van der Waals surface area contributed by atoms with Gasteiger partial charge in [-0.3, -0.25) is 9.59 Å². The Morgan fingerprint density at radius 2 is 1.73 bits per heavy atom. The molecule has 4 aliphatic carbocycles. The molecule has 5 fully saturated rings. The van der Waals surface area contributed by atoms with E-state index in [0.717, 1.165) is 32.1 Å². The van der Waals surface area contributed by atoms with Gasteiger partial charge in [-0.2, -0.15) is 0 Å². The van der Waals surface area contributed by atoms with E-state index >= 15 is 0 Å². The Morgan fingerprint density at radius 3 is 2.18 bits per heavy atom. The lowest BCUT2D eigenvalue weighted by molar-refractivity contribution is -0.264. The zero-order valence-electron chi connectivity index (χ0n) is 20.6. The van der Waals surface area contributed by atoms with Crippen LogP contribution in [0.2, 0.25) is 0 Å². The minimum Gasteiger partial charge on any atom is -0.463 e. The molecule has 8 heteroatoms. The first-order valence-corrected chi connectivity index (χ1v) is 12.3. The first kappa shape index (κ1) is 25.9. The van der Waals surface area contributed by atoms with Crippen LogP contribution < -0.4 is 0 Å². The van der Waals surface area contributed by atoms with Crippen molar-refractivity contribution < 1.29 is 38.8 Å². The monoisotopic (exact) mass is 468 g/mol. The van der Waals surface area contributed by atoms with Crippen molar-refractivity contribution in [2.24, 2.45) is 17.3 Å². The summed E-state index contributed by atoms with van der Waals surface area (Å²) in [4.78, 5) is 34.6. The number of carbonyl (C=O) groups is 3. The third-order valence-electron chi connectivity index (χ3n) is 7.86. The highest BCUT2D eigenvalue weighted by Gasteiger charge is 2.64. The first-order valence-electron chi connectivity index (χ1n) is 12.3. The Hall–Kier alpha value is -1.67. The lowest BCUT2D eigenvalue weighted by Gasteiger charge is -2.62. The molecular weight excluding hydrogens is 428 g/mol. The average Bonchev–Trinajstić information content (AvgIpc) is 3.09. The molecule has 0 aromatic carbocycles. The molecule has 0 aromatic rings. The number of cyclic esters (lactones) is 1. The van der Waals surface area contributed by atoms with Crippen LogP contribution >= 0.6 is 0 Å². The molecule has 1 heterocycles. The van der Waals surface area contributed by atoms with Gasteiger partial charge in [0.05, 0.1) is 29.1 Å². The normalized spacial score (nSPS) is 37.6. The summed E-state index contributed by atoms with van der Waals surface area (Å²) in [7, 11) is 0. The lowest BCUT2D eigenvalue weighted by atomic mass is 9.50. The third-order valence-corrected chi connectivity index (χ3v) is 7.86. The highest BCUT2D eigenvalue weighted by Crippen LogP contribution is 2.60. The minimum atomic E-state index is -0.842.